The summed E-state index contributed by atoms with van der Waals surface area (Å²) in [5, 5.41) is 3.98. The molecule has 0 aliphatic carbocycles. The highest BCUT2D eigenvalue weighted by Gasteiger charge is 2.31. The zero-order valence-electron chi connectivity index (χ0n) is 19.7. The van der Waals surface area contributed by atoms with Gasteiger partial charge in [-0.1, -0.05) is 17.3 Å². The first-order chi connectivity index (χ1) is 17.0. The molecule has 184 valence electrons. The van der Waals surface area contributed by atoms with E-state index in [0.29, 0.717) is 37.8 Å². The van der Waals surface area contributed by atoms with Gasteiger partial charge < -0.3 is 14.2 Å². The highest BCUT2D eigenvalue weighted by molar-refractivity contribution is 5.76. The molecule has 1 saturated heterocycles. The molecular weight excluding hydrogens is 451 g/mol. The van der Waals surface area contributed by atoms with E-state index in [9.17, 15) is 14.0 Å². The largest absolute Gasteiger partial charge is 0.466 e. The number of aromatic nitrogens is 3. The van der Waals surface area contributed by atoms with Gasteiger partial charge in [0.1, 0.15) is 5.82 Å². The number of likely N-dealkylation sites (tertiary alicyclic amines) is 1. The van der Waals surface area contributed by atoms with Crippen molar-refractivity contribution in [2.45, 2.75) is 44.9 Å². The Balaban J connectivity index is 1.31. The maximum absolute atomic E-state index is 13.4. The molecule has 3 heterocycles. The van der Waals surface area contributed by atoms with Crippen LogP contribution in [0.25, 0.3) is 11.4 Å². The van der Waals surface area contributed by atoms with Crippen molar-refractivity contribution in [2.24, 2.45) is 5.92 Å². The summed E-state index contributed by atoms with van der Waals surface area (Å²) in [7, 11) is 0. The molecule has 3 aromatic rings. The van der Waals surface area contributed by atoms with Crippen LogP contribution in [0.3, 0.4) is 0 Å². The normalized spacial score (nSPS) is 15.1. The summed E-state index contributed by atoms with van der Waals surface area (Å²) < 4.78 is 23.9. The highest BCUT2D eigenvalue weighted by atomic mass is 19.1. The van der Waals surface area contributed by atoms with E-state index in [-0.39, 0.29) is 42.4 Å². The molecule has 1 aromatic carbocycles. The number of ether oxygens (including phenoxy) is 1. The Morgan fingerprint density at radius 3 is 2.54 bits per heavy atom. The van der Waals surface area contributed by atoms with Gasteiger partial charge in [-0.15, -0.1) is 0 Å². The molecule has 9 heteroatoms. The molecule has 0 N–H and O–H groups in total. The topological polar surface area (TPSA) is 98.4 Å². The fourth-order valence-corrected chi connectivity index (χ4v) is 4.56. The molecule has 0 radical (unpaired) electrons. The van der Waals surface area contributed by atoms with E-state index in [1.54, 1.807) is 43.6 Å². The van der Waals surface area contributed by atoms with Gasteiger partial charge in [-0.25, -0.2) is 4.39 Å². The Labute approximate surface area is 203 Å². The van der Waals surface area contributed by atoms with Crippen LogP contribution >= 0.6 is 0 Å². The molecule has 1 atom stereocenters. The lowest BCUT2D eigenvalue weighted by molar-refractivity contribution is -0.144. The Kier molecular flexibility index (Phi) is 8.18. The van der Waals surface area contributed by atoms with Crippen LogP contribution in [0.1, 0.15) is 50.0 Å². The number of carbonyl (C=O) groups is 2. The van der Waals surface area contributed by atoms with Crippen LogP contribution in [0.5, 0.6) is 0 Å². The molecule has 1 amide bonds. The molecule has 0 saturated carbocycles. The van der Waals surface area contributed by atoms with Crippen molar-refractivity contribution in [3.05, 3.63) is 66.1 Å². The van der Waals surface area contributed by atoms with Crippen LogP contribution in [0.15, 0.2) is 53.3 Å². The average molecular weight is 481 g/mol. The first kappa shape index (κ1) is 24.5. The number of benzene rings is 1. The van der Waals surface area contributed by atoms with Gasteiger partial charge in [0.25, 0.3) is 0 Å². The standard InChI is InChI=1S/C26H29FN4O4/c1-2-34-25(33)17-22(18-3-5-21(27)6-4-18)19-11-15-31(16-12-19)24(32)8-7-23-29-26(30-35-23)20-9-13-28-14-10-20/h3-6,9-10,13-14,19,22H,2,7-8,11-12,15-17H2,1H3/t22-/m1/s1. The van der Waals surface area contributed by atoms with Gasteiger partial charge in [0, 0.05) is 43.9 Å². The summed E-state index contributed by atoms with van der Waals surface area (Å²) in [4.78, 5) is 35.2. The molecule has 0 unspecified atom stereocenters. The third-order valence-electron chi connectivity index (χ3n) is 6.41. The van der Waals surface area contributed by atoms with E-state index in [0.717, 1.165) is 24.0 Å². The number of nitrogens with zero attached hydrogens (tertiary/aromatic N) is 4. The zero-order chi connectivity index (χ0) is 24.6. The van der Waals surface area contributed by atoms with Gasteiger partial charge in [-0.05, 0) is 61.4 Å². The number of aryl methyl sites for hydroxylation is 1. The quantitative estimate of drug-likeness (QED) is 0.424. The molecule has 1 aliphatic rings. The van der Waals surface area contributed by atoms with Crippen molar-refractivity contribution in [2.75, 3.05) is 19.7 Å². The fraction of sp³-hybridized carbons (Fsp3) is 0.423. The molecule has 8 nitrogen and oxygen atoms in total. The SMILES string of the molecule is CCOC(=O)C[C@H](c1ccc(F)cc1)C1CCN(C(=O)CCc2nc(-c3ccncc3)no2)CC1. The molecule has 1 fully saturated rings. The van der Waals surface area contributed by atoms with Gasteiger partial charge in [-0.3, -0.25) is 14.6 Å². The second-order valence-corrected chi connectivity index (χ2v) is 8.63. The van der Waals surface area contributed by atoms with E-state index in [1.165, 1.54) is 12.1 Å². The summed E-state index contributed by atoms with van der Waals surface area (Å²) in [6.07, 6.45) is 5.75. The highest BCUT2D eigenvalue weighted by Crippen LogP contribution is 2.36. The molecule has 0 spiro atoms. The number of carbonyl (C=O) groups excluding carboxylic acids is 2. The van der Waals surface area contributed by atoms with E-state index >= 15 is 0 Å². The molecule has 0 bridgehead atoms. The van der Waals surface area contributed by atoms with Crippen LogP contribution in [-0.2, 0) is 20.7 Å². The summed E-state index contributed by atoms with van der Waals surface area (Å²) >= 11 is 0. The van der Waals surface area contributed by atoms with Gasteiger partial charge in [0.05, 0.1) is 13.0 Å². The number of amides is 1. The second-order valence-electron chi connectivity index (χ2n) is 8.63. The third-order valence-corrected chi connectivity index (χ3v) is 6.41. The number of halogens is 1. The number of hydrogen-bond donors (Lipinski definition) is 0. The third kappa shape index (κ3) is 6.49. The average Bonchev–Trinajstić information content (AvgIpc) is 3.36. The van der Waals surface area contributed by atoms with E-state index in [4.69, 9.17) is 9.26 Å². The van der Waals surface area contributed by atoms with E-state index < -0.39 is 0 Å². The van der Waals surface area contributed by atoms with Crippen molar-refractivity contribution in [3.63, 3.8) is 0 Å². The molecule has 4 rings (SSSR count). The summed E-state index contributed by atoms with van der Waals surface area (Å²) in [6.45, 7) is 3.32. The Hall–Kier alpha value is -3.62. The summed E-state index contributed by atoms with van der Waals surface area (Å²) in [6, 6.07) is 9.91. The summed E-state index contributed by atoms with van der Waals surface area (Å²) in [5.74, 6) is 0.500. The lowest BCUT2D eigenvalue weighted by Gasteiger charge is -2.36. The monoisotopic (exact) mass is 480 g/mol. The fourth-order valence-electron chi connectivity index (χ4n) is 4.56. The first-order valence-electron chi connectivity index (χ1n) is 11.9. The Bertz CT molecular complexity index is 1110. The maximum Gasteiger partial charge on any atom is 0.306 e. The predicted molar refractivity (Wildman–Crippen MR) is 126 cm³/mol. The van der Waals surface area contributed by atoms with E-state index in [2.05, 4.69) is 15.1 Å². The minimum absolute atomic E-state index is 0.0378. The van der Waals surface area contributed by atoms with Gasteiger partial charge in [0.2, 0.25) is 17.6 Å². The van der Waals surface area contributed by atoms with Crippen molar-refractivity contribution in [3.8, 4) is 11.4 Å². The summed E-state index contributed by atoms with van der Waals surface area (Å²) in [5.41, 5.74) is 1.73. The minimum atomic E-state index is -0.307. The van der Waals surface area contributed by atoms with Gasteiger partial charge >= 0.3 is 5.97 Å². The minimum Gasteiger partial charge on any atom is -0.466 e. The number of pyridine rings is 1. The van der Waals surface area contributed by atoms with Crippen molar-refractivity contribution < 1.29 is 23.2 Å². The molecule has 2 aromatic heterocycles. The number of esters is 1. The molecule has 1 aliphatic heterocycles. The van der Waals surface area contributed by atoms with Crippen LogP contribution in [-0.4, -0.2) is 51.6 Å². The van der Waals surface area contributed by atoms with Crippen molar-refractivity contribution in [1.82, 2.24) is 20.0 Å². The molecule has 35 heavy (non-hydrogen) atoms. The van der Waals surface area contributed by atoms with Crippen LogP contribution < -0.4 is 0 Å². The van der Waals surface area contributed by atoms with Crippen LogP contribution in [0.4, 0.5) is 4.39 Å². The lowest BCUT2D eigenvalue weighted by Crippen LogP contribution is -2.40. The lowest BCUT2D eigenvalue weighted by atomic mass is 9.78. The molecular formula is C26H29FN4O4. The Morgan fingerprint density at radius 2 is 1.86 bits per heavy atom. The smallest absolute Gasteiger partial charge is 0.306 e. The second kappa shape index (κ2) is 11.7. The van der Waals surface area contributed by atoms with Crippen LogP contribution in [0, 0.1) is 11.7 Å². The van der Waals surface area contributed by atoms with Crippen molar-refractivity contribution >= 4 is 11.9 Å². The predicted octanol–water partition coefficient (Wildman–Crippen LogP) is 4.18. The number of piperidine rings is 1. The Morgan fingerprint density at radius 1 is 1.14 bits per heavy atom. The number of rotatable bonds is 9. The maximum atomic E-state index is 13.4. The number of hydrogen-bond acceptors (Lipinski definition) is 7. The van der Waals surface area contributed by atoms with Gasteiger partial charge in [-0.2, -0.15) is 4.98 Å². The van der Waals surface area contributed by atoms with Gasteiger partial charge in [0.15, 0.2) is 0 Å². The first-order valence-corrected chi connectivity index (χ1v) is 11.9. The van der Waals surface area contributed by atoms with Crippen LogP contribution in [0.2, 0.25) is 0 Å². The van der Waals surface area contributed by atoms with Crippen molar-refractivity contribution in [1.29, 1.82) is 0 Å². The van der Waals surface area contributed by atoms with E-state index in [1.807, 2.05) is 4.90 Å². The zero-order valence-corrected chi connectivity index (χ0v) is 19.7.